The molecule has 0 spiro atoms. The molecule has 0 saturated carbocycles. The van der Waals surface area contributed by atoms with Crippen molar-refractivity contribution in [1.29, 1.82) is 0 Å². The van der Waals surface area contributed by atoms with E-state index in [1.807, 2.05) is 6.92 Å². The lowest BCUT2D eigenvalue weighted by Crippen LogP contribution is -2.20. The minimum Gasteiger partial charge on any atom is -0.301 e. The first-order valence-electron chi connectivity index (χ1n) is 6.38. The largest absolute Gasteiger partial charge is 0.432 e. The first-order chi connectivity index (χ1) is 10.9. The number of nitrogens with zero attached hydrogens (tertiary/aromatic N) is 5. The van der Waals surface area contributed by atoms with Crippen LogP contribution in [-0.2, 0) is 6.18 Å². The van der Waals surface area contributed by atoms with Crippen molar-refractivity contribution < 1.29 is 13.2 Å². The topological polar surface area (TPSA) is 89.3 Å². The van der Waals surface area contributed by atoms with Gasteiger partial charge in [0.25, 0.3) is 0 Å². The number of rotatable bonds is 2. The molecule has 1 N–H and O–H groups in total. The molecule has 118 valence electrons. The summed E-state index contributed by atoms with van der Waals surface area (Å²) in [4.78, 5) is 16.2. The van der Waals surface area contributed by atoms with E-state index in [-0.39, 0.29) is 5.82 Å². The van der Waals surface area contributed by atoms with Gasteiger partial charge in [-0.1, -0.05) is 17.7 Å². The highest BCUT2D eigenvalue weighted by Crippen LogP contribution is 2.33. The maximum absolute atomic E-state index is 13.1. The van der Waals surface area contributed by atoms with Crippen LogP contribution in [0.4, 0.5) is 13.2 Å². The molecule has 2 heterocycles. The average molecular weight is 322 g/mol. The van der Waals surface area contributed by atoms with Gasteiger partial charge in [-0.15, -0.1) is 5.10 Å². The van der Waals surface area contributed by atoms with Gasteiger partial charge in [0.05, 0.1) is 11.3 Å². The van der Waals surface area contributed by atoms with Crippen LogP contribution in [0.15, 0.2) is 35.3 Å². The lowest BCUT2D eigenvalue weighted by Gasteiger charge is -2.11. The van der Waals surface area contributed by atoms with Crippen LogP contribution in [0.5, 0.6) is 0 Å². The third-order valence-electron chi connectivity index (χ3n) is 3.08. The third-order valence-corrected chi connectivity index (χ3v) is 3.08. The van der Waals surface area contributed by atoms with Gasteiger partial charge >= 0.3 is 11.9 Å². The van der Waals surface area contributed by atoms with E-state index in [1.165, 1.54) is 0 Å². The molecule has 0 fully saturated rings. The van der Waals surface area contributed by atoms with Crippen molar-refractivity contribution in [3.63, 3.8) is 0 Å². The van der Waals surface area contributed by atoms with Gasteiger partial charge in [0.2, 0.25) is 0 Å². The fraction of sp³-hybridized carbons (Fsp3) is 0.154. The van der Waals surface area contributed by atoms with Gasteiger partial charge in [-0.05, 0) is 29.5 Å². The summed E-state index contributed by atoms with van der Waals surface area (Å²) in [6.45, 7) is 1.87. The lowest BCUT2D eigenvalue weighted by atomic mass is 10.2. The highest BCUT2D eigenvalue weighted by atomic mass is 19.4. The number of tetrazole rings is 1. The molecule has 1 aromatic carbocycles. The van der Waals surface area contributed by atoms with Crippen LogP contribution < -0.4 is 5.69 Å². The first kappa shape index (κ1) is 14.9. The Hall–Kier alpha value is -3.04. The molecule has 0 radical (unpaired) electrons. The highest BCUT2D eigenvalue weighted by molar-refractivity contribution is 5.59. The van der Waals surface area contributed by atoms with E-state index in [0.29, 0.717) is 5.69 Å². The fourth-order valence-corrected chi connectivity index (χ4v) is 2.00. The summed E-state index contributed by atoms with van der Waals surface area (Å²) >= 11 is 0. The second-order valence-electron chi connectivity index (χ2n) is 4.72. The number of hydrogen-bond donors (Lipinski definition) is 1. The molecule has 10 heteroatoms. The molecular weight excluding hydrogens is 313 g/mol. The normalized spacial score (nSPS) is 11.7. The maximum Gasteiger partial charge on any atom is 0.432 e. The van der Waals surface area contributed by atoms with E-state index < -0.39 is 23.1 Å². The summed E-state index contributed by atoms with van der Waals surface area (Å²) in [5.74, 6) is -0.176. The van der Waals surface area contributed by atoms with Gasteiger partial charge in [0.15, 0.2) is 5.82 Å². The zero-order chi connectivity index (χ0) is 16.6. The number of benzene rings is 1. The Morgan fingerprint density at radius 3 is 2.52 bits per heavy atom. The van der Waals surface area contributed by atoms with Crippen LogP contribution >= 0.6 is 0 Å². The number of aryl methyl sites for hydroxylation is 1. The van der Waals surface area contributed by atoms with E-state index in [4.69, 9.17) is 0 Å². The number of aromatic amines is 1. The van der Waals surface area contributed by atoms with Crippen LogP contribution in [0.2, 0.25) is 0 Å². The quantitative estimate of drug-likeness (QED) is 0.776. The molecule has 0 saturated heterocycles. The van der Waals surface area contributed by atoms with Crippen molar-refractivity contribution in [3.8, 4) is 17.1 Å². The zero-order valence-corrected chi connectivity index (χ0v) is 11.7. The number of nitrogens with one attached hydrogen (secondary N) is 1. The number of halogens is 3. The molecule has 0 amide bonds. The Bertz CT molecular complexity index is 897. The van der Waals surface area contributed by atoms with Crippen molar-refractivity contribution in [2.45, 2.75) is 13.1 Å². The van der Waals surface area contributed by atoms with Crippen molar-refractivity contribution in [2.75, 3.05) is 0 Å². The maximum atomic E-state index is 13.1. The molecule has 0 aliphatic rings. The highest BCUT2D eigenvalue weighted by Gasteiger charge is 2.37. The average Bonchev–Trinajstić information content (AvgIpc) is 2.96. The monoisotopic (exact) mass is 322 g/mol. The predicted molar refractivity (Wildman–Crippen MR) is 72.7 cm³/mol. The zero-order valence-electron chi connectivity index (χ0n) is 11.7. The smallest absolute Gasteiger partial charge is 0.301 e. The van der Waals surface area contributed by atoms with E-state index in [1.54, 1.807) is 29.2 Å². The predicted octanol–water partition coefficient (Wildman–Crippen LogP) is 1.74. The van der Waals surface area contributed by atoms with Crippen molar-refractivity contribution in [1.82, 2.24) is 30.2 Å². The Labute approximate surface area is 126 Å². The van der Waals surface area contributed by atoms with Gasteiger partial charge < -0.3 is 4.98 Å². The number of alkyl halides is 3. The molecule has 0 aliphatic heterocycles. The molecule has 0 atom stereocenters. The summed E-state index contributed by atoms with van der Waals surface area (Å²) in [6.07, 6.45) is -3.97. The molecule has 0 unspecified atom stereocenters. The molecule has 3 aromatic rings. The second-order valence-corrected chi connectivity index (χ2v) is 4.72. The molecule has 0 bridgehead atoms. The lowest BCUT2D eigenvalue weighted by molar-refractivity contribution is -0.140. The number of aromatic nitrogens is 6. The van der Waals surface area contributed by atoms with Crippen molar-refractivity contribution in [3.05, 3.63) is 52.2 Å². The van der Waals surface area contributed by atoms with Crippen LogP contribution in [0.25, 0.3) is 17.1 Å². The molecular formula is C13H9F3N6O. The SMILES string of the molecule is Cc1ccc(-n2nnnc2-c2cnc(=O)[nH]c2C(F)(F)F)cc1. The van der Waals surface area contributed by atoms with Gasteiger partial charge in [0, 0.05) is 6.20 Å². The molecule has 3 rings (SSSR count). The minimum absolute atomic E-state index is 0.176. The van der Waals surface area contributed by atoms with Crippen LogP contribution in [0, 0.1) is 6.92 Å². The Morgan fingerprint density at radius 1 is 1.17 bits per heavy atom. The van der Waals surface area contributed by atoms with Gasteiger partial charge in [0.1, 0.15) is 5.69 Å². The summed E-state index contributed by atoms with van der Waals surface area (Å²) in [5, 5.41) is 10.8. The number of hydrogen-bond acceptors (Lipinski definition) is 5. The minimum atomic E-state index is -4.78. The van der Waals surface area contributed by atoms with Crippen molar-refractivity contribution in [2.24, 2.45) is 0 Å². The van der Waals surface area contributed by atoms with Crippen LogP contribution in [0.1, 0.15) is 11.3 Å². The Balaban J connectivity index is 2.20. The first-order valence-corrected chi connectivity index (χ1v) is 6.38. The molecule has 2 aromatic heterocycles. The molecule has 23 heavy (non-hydrogen) atoms. The van der Waals surface area contributed by atoms with Crippen molar-refractivity contribution >= 4 is 0 Å². The summed E-state index contributed by atoms with van der Waals surface area (Å²) in [5.41, 5.74) is -1.31. The Morgan fingerprint density at radius 2 is 1.87 bits per heavy atom. The van der Waals surface area contributed by atoms with Gasteiger partial charge in [-0.2, -0.15) is 17.9 Å². The van der Waals surface area contributed by atoms with Crippen LogP contribution in [0.3, 0.4) is 0 Å². The summed E-state index contributed by atoms with van der Waals surface area (Å²) < 4.78 is 40.5. The summed E-state index contributed by atoms with van der Waals surface area (Å²) in [6, 6.07) is 6.89. The standard InChI is InChI=1S/C13H9F3N6O/c1-7-2-4-8(5-3-7)22-11(19-20-21-22)9-6-17-12(23)18-10(9)13(14,15)16/h2-6H,1H3,(H,17,18,23). The van der Waals surface area contributed by atoms with Gasteiger partial charge in [-0.3, -0.25) is 0 Å². The second kappa shape index (κ2) is 5.30. The van der Waals surface area contributed by atoms with Gasteiger partial charge in [-0.25, -0.2) is 9.78 Å². The summed E-state index contributed by atoms with van der Waals surface area (Å²) in [7, 11) is 0. The van der Waals surface area contributed by atoms with E-state index in [2.05, 4.69) is 20.5 Å². The Kier molecular flexibility index (Phi) is 3.43. The number of H-pyrrole nitrogens is 1. The fourth-order valence-electron chi connectivity index (χ4n) is 2.00. The molecule has 0 aliphatic carbocycles. The van der Waals surface area contributed by atoms with E-state index in [0.717, 1.165) is 16.4 Å². The van der Waals surface area contributed by atoms with Crippen LogP contribution in [-0.4, -0.2) is 30.2 Å². The third kappa shape index (κ3) is 2.82. The van der Waals surface area contributed by atoms with E-state index in [9.17, 15) is 18.0 Å². The molecule has 7 nitrogen and oxygen atoms in total. The van der Waals surface area contributed by atoms with E-state index >= 15 is 0 Å².